The first-order valence-electron chi connectivity index (χ1n) is 22.8. The van der Waals surface area contributed by atoms with E-state index in [4.69, 9.17) is 14.7 Å². The van der Waals surface area contributed by atoms with Gasteiger partial charge in [0.15, 0.2) is 0 Å². The summed E-state index contributed by atoms with van der Waals surface area (Å²) in [5.41, 5.74) is 10.2. The first kappa shape index (κ1) is 48.3. The number of hydrazine groups is 1. The summed E-state index contributed by atoms with van der Waals surface area (Å²) in [4.78, 5) is 68.3. The number of fused-ring (bicyclic) bond motifs is 6. The molecule has 3 aliphatic rings. The van der Waals surface area contributed by atoms with E-state index >= 15 is 0 Å². The van der Waals surface area contributed by atoms with Crippen LogP contribution in [0.25, 0.3) is 27.7 Å². The summed E-state index contributed by atoms with van der Waals surface area (Å²) in [6.07, 6.45) is 13.0. The molecular formula is C50H68N8O5S. The summed E-state index contributed by atoms with van der Waals surface area (Å²) in [7, 11) is 3.34. The zero-order chi connectivity index (χ0) is 46.5. The third-order valence-electron chi connectivity index (χ3n) is 12.9. The molecular weight excluding hydrogens is 825 g/mol. The van der Waals surface area contributed by atoms with Gasteiger partial charge in [0.1, 0.15) is 12.1 Å². The number of aromatic nitrogens is 2. The van der Waals surface area contributed by atoms with Gasteiger partial charge in [0.05, 0.1) is 34.1 Å². The number of nitrogens with one attached hydrogen (secondary N) is 2. The minimum atomic E-state index is -0.953. The molecule has 6 rings (SSSR count). The molecule has 6 bridgehead atoms. The number of hydrogen-bond acceptors (Lipinski definition) is 9. The lowest BCUT2D eigenvalue weighted by atomic mass is 9.80. The second-order valence-corrected chi connectivity index (χ2v) is 19.4. The van der Waals surface area contributed by atoms with Crippen molar-refractivity contribution in [1.82, 2.24) is 35.1 Å². The van der Waals surface area contributed by atoms with E-state index in [1.807, 2.05) is 39.2 Å². The largest absolute Gasteiger partial charge is 0.375 e. The van der Waals surface area contributed by atoms with Crippen molar-refractivity contribution in [2.24, 2.45) is 22.2 Å². The maximum atomic E-state index is 14.6. The molecule has 14 heteroatoms. The van der Waals surface area contributed by atoms with Crippen LogP contribution in [0.3, 0.4) is 0 Å². The SMILES string of the molecule is C=CC(=O)N1CC[C@H](C(=O)N(C)[C@H](C(=O)N[C@H]2Cc3nc(cs3)-c3ccc4c(c3)c(c(/C(C=C)=C(/N=C\C)[C@H](C)OC)n4CC)CC(C)(C)C/C=C/[C@@H]3CCCN(N3)C2=O)C(C)C)C1. The van der Waals surface area contributed by atoms with Crippen molar-refractivity contribution in [1.29, 1.82) is 0 Å². The number of benzene rings is 1. The number of nitrogens with zero attached hydrogens (tertiary/aromatic N) is 6. The summed E-state index contributed by atoms with van der Waals surface area (Å²) in [5, 5.41) is 8.60. The van der Waals surface area contributed by atoms with E-state index in [1.54, 1.807) is 30.3 Å². The highest BCUT2D eigenvalue weighted by molar-refractivity contribution is 7.10. The van der Waals surface area contributed by atoms with Crippen molar-refractivity contribution < 1.29 is 23.9 Å². The highest BCUT2D eigenvalue weighted by Gasteiger charge is 2.39. The van der Waals surface area contributed by atoms with E-state index in [-0.39, 0.29) is 54.2 Å². The molecule has 2 aromatic heterocycles. The molecule has 3 aliphatic heterocycles. The number of ether oxygens (including phenoxy) is 1. The van der Waals surface area contributed by atoms with Crippen LogP contribution in [0, 0.1) is 17.3 Å². The lowest BCUT2D eigenvalue weighted by Crippen LogP contribution is -2.61. The maximum Gasteiger partial charge on any atom is 0.259 e. The fourth-order valence-corrected chi connectivity index (χ4v) is 10.4. The third kappa shape index (κ3) is 10.3. The average Bonchev–Trinajstić information content (AvgIpc) is 4.03. The topological polar surface area (TPSA) is 141 Å². The van der Waals surface area contributed by atoms with Gasteiger partial charge in [-0.3, -0.25) is 29.2 Å². The molecule has 5 heterocycles. The number of rotatable bonds is 12. The number of carbonyl (C=O) groups excluding carboxylic acids is 4. The molecule has 2 saturated heterocycles. The van der Waals surface area contributed by atoms with Crippen molar-refractivity contribution >= 4 is 57.7 Å². The number of aryl methyl sites for hydroxylation is 1. The second kappa shape index (κ2) is 20.8. The highest BCUT2D eigenvalue weighted by Crippen LogP contribution is 2.41. The Labute approximate surface area is 383 Å². The Balaban J connectivity index is 1.41. The van der Waals surface area contributed by atoms with Crippen LogP contribution >= 0.6 is 11.3 Å². The average molecular weight is 893 g/mol. The van der Waals surface area contributed by atoms with Crippen molar-refractivity contribution in [2.45, 2.75) is 118 Å². The lowest BCUT2D eigenvalue weighted by molar-refractivity contribution is -0.146. The van der Waals surface area contributed by atoms with Crippen LogP contribution in [0.4, 0.5) is 0 Å². The van der Waals surface area contributed by atoms with Gasteiger partial charge in [0.2, 0.25) is 17.7 Å². The minimum Gasteiger partial charge on any atom is -0.375 e. The number of hydrogen-bond donors (Lipinski definition) is 2. The van der Waals surface area contributed by atoms with E-state index in [9.17, 15) is 19.2 Å². The van der Waals surface area contributed by atoms with Gasteiger partial charge in [-0.05, 0) is 88.0 Å². The van der Waals surface area contributed by atoms with Gasteiger partial charge in [-0.1, -0.05) is 65.1 Å². The van der Waals surface area contributed by atoms with Crippen LogP contribution in [-0.4, -0.2) is 112 Å². The summed E-state index contributed by atoms with van der Waals surface area (Å²) in [6.45, 7) is 24.3. The smallest absolute Gasteiger partial charge is 0.259 e. The number of aliphatic imine (C=N–C) groups is 1. The molecule has 1 aromatic carbocycles. The molecule has 0 spiro atoms. The molecule has 0 radical (unpaired) electrons. The van der Waals surface area contributed by atoms with Crippen LogP contribution in [0.15, 0.2) is 71.7 Å². The van der Waals surface area contributed by atoms with Crippen molar-refractivity contribution in [3.63, 3.8) is 0 Å². The second-order valence-electron chi connectivity index (χ2n) is 18.4. The van der Waals surface area contributed by atoms with Crippen molar-refractivity contribution in [3.8, 4) is 11.3 Å². The molecule has 3 aromatic rings. The van der Waals surface area contributed by atoms with E-state index < -0.39 is 23.9 Å². The number of thiazole rings is 1. The monoisotopic (exact) mass is 893 g/mol. The number of likely N-dealkylation sites (N-methyl/N-ethyl adjacent to an activating group) is 1. The molecule has 13 nitrogen and oxygen atoms in total. The number of likely N-dealkylation sites (tertiary alicyclic amines) is 1. The van der Waals surface area contributed by atoms with Crippen LogP contribution in [0.2, 0.25) is 0 Å². The minimum absolute atomic E-state index is 0.0817. The zero-order valence-corrected chi connectivity index (χ0v) is 40.1. The van der Waals surface area contributed by atoms with Gasteiger partial charge in [-0.2, -0.15) is 0 Å². The van der Waals surface area contributed by atoms with Crippen LogP contribution < -0.4 is 10.7 Å². The van der Waals surface area contributed by atoms with Crippen LogP contribution in [-0.2, 0) is 43.3 Å². The Kier molecular flexibility index (Phi) is 15.7. The Bertz CT molecular complexity index is 2340. The van der Waals surface area contributed by atoms with Crippen LogP contribution in [0.5, 0.6) is 0 Å². The fourth-order valence-electron chi connectivity index (χ4n) is 9.58. The number of carbonyl (C=O) groups is 4. The van der Waals surface area contributed by atoms with E-state index in [1.165, 1.54) is 27.9 Å². The Hall–Kier alpha value is -5.18. The van der Waals surface area contributed by atoms with Crippen LogP contribution in [0.1, 0.15) is 90.4 Å². The molecule has 344 valence electrons. The van der Waals surface area contributed by atoms with E-state index in [0.717, 1.165) is 71.4 Å². The van der Waals surface area contributed by atoms with Crippen molar-refractivity contribution in [3.05, 3.63) is 83.0 Å². The molecule has 5 atom stereocenters. The first-order valence-corrected chi connectivity index (χ1v) is 23.6. The highest BCUT2D eigenvalue weighted by atomic mass is 32.1. The Morgan fingerprint density at radius 2 is 1.92 bits per heavy atom. The summed E-state index contributed by atoms with van der Waals surface area (Å²) in [5.74, 6) is -1.78. The summed E-state index contributed by atoms with van der Waals surface area (Å²) >= 11 is 1.46. The fraction of sp³-hybridized carbons (Fsp3) is 0.520. The predicted octanol–water partition coefficient (Wildman–Crippen LogP) is 7.38. The van der Waals surface area contributed by atoms with Gasteiger partial charge >= 0.3 is 0 Å². The summed E-state index contributed by atoms with van der Waals surface area (Å²) < 4.78 is 8.21. The maximum absolute atomic E-state index is 14.6. The van der Waals surface area contributed by atoms with Gasteiger partial charge in [-0.15, -0.1) is 11.3 Å². The standard InChI is InChI=1S/C50H68N8O5S/c1-12-36(44(51-14-3)32(7)63-11)46-38-28-50(8,9)23-16-18-35-19-17-24-58(54-35)49(62)39(27-42-52-40(30-64-42)33-20-21-41(37(38)26-33)57(46)15-4)53-47(60)45(31(5)6)55(10)48(61)34-22-25-56(29-34)43(59)13-2/h12-14,16,18,20-21,26,30-32,34-35,39,45,54H,1-2,15,17,19,22-25,27-29H2,3-11H3,(H,53,60)/b18-16+,44-36+,51-14-/t32-,34-,35+,39-,45-/m0/s1. The van der Waals surface area contributed by atoms with Crippen molar-refractivity contribution in [2.75, 3.05) is 33.8 Å². The molecule has 0 aliphatic carbocycles. The quantitative estimate of drug-likeness (QED) is 0.0838. The molecule has 64 heavy (non-hydrogen) atoms. The predicted molar refractivity (Wildman–Crippen MR) is 258 cm³/mol. The zero-order valence-electron chi connectivity index (χ0n) is 39.3. The normalized spacial score (nSPS) is 22.2. The molecule has 2 N–H and O–H groups in total. The lowest BCUT2D eigenvalue weighted by Gasteiger charge is -2.36. The first-order chi connectivity index (χ1) is 30.6. The van der Waals surface area contributed by atoms with Gasteiger partial charge < -0.3 is 24.4 Å². The summed E-state index contributed by atoms with van der Waals surface area (Å²) in [6, 6.07) is 4.63. The van der Waals surface area contributed by atoms with E-state index in [0.29, 0.717) is 24.5 Å². The number of amides is 4. The Morgan fingerprint density at radius 1 is 1.16 bits per heavy atom. The van der Waals surface area contributed by atoms with Gasteiger partial charge in [-0.25, -0.2) is 10.4 Å². The Morgan fingerprint density at radius 3 is 2.59 bits per heavy atom. The number of methoxy groups -OCH3 is 1. The number of allylic oxidation sites excluding steroid dienone is 3. The van der Waals surface area contributed by atoms with E-state index in [2.05, 4.69) is 79.6 Å². The molecule has 4 amide bonds. The molecule has 0 unspecified atom stereocenters. The van der Waals surface area contributed by atoms with Gasteiger partial charge in [0, 0.05) is 86.4 Å². The van der Waals surface area contributed by atoms with Gasteiger partial charge in [0.25, 0.3) is 5.91 Å². The third-order valence-corrected chi connectivity index (χ3v) is 13.8. The molecule has 0 saturated carbocycles. The molecule has 2 fully saturated rings.